The van der Waals surface area contributed by atoms with Crippen molar-refractivity contribution >= 4 is 16.7 Å². The molecule has 1 fully saturated rings. The first-order valence-corrected chi connectivity index (χ1v) is 6.68. The number of nitrogens with one attached hydrogen (secondary N) is 1. The van der Waals surface area contributed by atoms with E-state index < -0.39 is 6.10 Å². The van der Waals surface area contributed by atoms with Crippen LogP contribution in [-0.2, 0) is 0 Å². The first kappa shape index (κ1) is 13.0. The number of carbonyl (C=O) groups excluding carboxylic acids is 1. The van der Waals surface area contributed by atoms with Crippen LogP contribution in [0.3, 0.4) is 0 Å². The number of aliphatic hydroxyl groups is 1. The van der Waals surface area contributed by atoms with Crippen LogP contribution in [0.1, 0.15) is 10.5 Å². The van der Waals surface area contributed by atoms with E-state index in [9.17, 15) is 9.90 Å². The molecule has 1 aromatic carbocycles. The van der Waals surface area contributed by atoms with Gasteiger partial charge in [0.05, 0.1) is 12.1 Å². The number of likely N-dealkylation sites (N-methyl/N-ethyl adjacent to an activating group) is 1. The van der Waals surface area contributed by atoms with E-state index in [1.54, 1.807) is 18.1 Å². The van der Waals surface area contributed by atoms with Gasteiger partial charge in [-0.15, -0.1) is 0 Å². The Bertz CT molecular complexity index is 639. The van der Waals surface area contributed by atoms with Crippen molar-refractivity contribution in [3.63, 3.8) is 0 Å². The second kappa shape index (κ2) is 5.19. The third-order valence-corrected chi connectivity index (χ3v) is 3.85. The molecule has 1 aliphatic rings. The highest BCUT2D eigenvalue weighted by molar-refractivity contribution is 6.05. The maximum absolute atomic E-state index is 12.6. The van der Waals surface area contributed by atoms with Crippen LogP contribution < -0.4 is 5.32 Å². The highest BCUT2D eigenvalue weighted by atomic mass is 16.3. The molecule has 0 saturated carbocycles. The van der Waals surface area contributed by atoms with Gasteiger partial charge in [0.1, 0.15) is 5.69 Å². The first-order valence-electron chi connectivity index (χ1n) is 6.68. The molecule has 20 heavy (non-hydrogen) atoms. The fourth-order valence-corrected chi connectivity index (χ4v) is 2.65. The maximum Gasteiger partial charge on any atom is 0.273 e. The van der Waals surface area contributed by atoms with Crippen LogP contribution in [0.4, 0.5) is 0 Å². The molecule has 2 N–H and O–H groups in total. The Balaban J connectivity index is 1.96. The number of amides is 1. The Morgan fingerprint density at radius 3 is 2.90 bits per heavy atom. The summed E-state index contributed by atoms with van der Waals surface area (Å²) in [5, 5.41) is 14.8. The van der Waals surface area contributed by atoms with Crippen molar-refractivity contribution in [3.05, 3.63) is 42.2 Å². The third-order valence-electron chi connectivity index (χ3n) is 3.85. The summed E-state index contributed by atoms with van der Waals surface area (Å²) in [5.74, 6) is -0.158. The molecule has 1 saturated heterocycles. The fraction of sp³-hybridized carbons (Fsp3) is 0.333. The highest BCUT2D eigenvalue weighted by Crippen LogP contribution is 2.19. The van der Waals surface area contributed by atoms with Gasteiger partial charge in [0.2, 0.25) is 0 Å². The number of carbonyl (C=O) groups is 1. The molecule has 0 spiro atoms. The molecular weight excluding hydrogens is 254 g/mol. The molecule has 1 aromatic heterocycles. The Labute approximate surface area is 117 Å². The lowest BCUT2D eigenvalue weighted by molar-refractivity contribution is 0.0578. The van der Waals surface area contributed by atoms with E-state index in [0.717, 1.165) is 10.8 Å². The zero-order valence-electron chi connectivity index (χ0n) is 11.3. The topological polar surface area (TPSA) is 65.5 Å². The van der Waals surface area contributed by atoms with Gasteiger partial charge < -0.3 is 15.3 Å². The Hall–Kier alpha value is -1.98. The van der Waals surface area contributed by atoms with Crippen LogP contribution in [-0.4, -0.2) is 53.2 Å². The van der Waals surface area contributed by atoms with Crippen molar-refractivity contribution in [3.8, 4) is 0 Å². The maximum atomic E-state index is 12.6. The predicted molar refractivity (Wildman–Crippen MR) is 76.5 cm³/mol. The van der Waals surface area contributed by atoms with E-state index in [0.29, 0.717) is 18.8 Å². The number of aromatic nitrogens is 1. The molecule has 3 rings (SSSR count). The minimum atomic E-state index is -0.529. The molecule has 0 unspecified atom stereocenters. The smallest absolute Gasteiger partial charge is 0.273 e. The largest absolute Gasteiger partial charge is 0.390 e. The van der Waals surface area contributed by atoms with Gasteiger partial charge in [-0.05, 0) is 11.5 Å². The van der Waals surface area contributed by atoms with E-state index in [1.165, 1.54) is 0 Å². The van der Waals surface area contributed by atoms with Crippen molar-refractivity contribution in [2.24, 2.45) is 0 Å². The summed E-state index contributed by atoms with van der Waals surface area (Å²) < 4.78 is 0. The molecule has 104 valence electrons. The highest BCUT2D eigenvalue weighted by Gasteiger charge is 2.32. The lowest BCUT2D eigenvalue weighted by atomic mass is 10.1. The molecule has 2 heterocycles. The number of rotatable bonds is 2. The van der Waals surface area contributed by atoms with Crippen molar-refractivity contribution in [2.45, 2.75) is 12.1 Å². The predicted octanol–water partition coefficient (Wildman–Crippen LogP) is 0.639. The lowest BCUT2D eigenvalue weighted by Crippen LogP contribution is -2.44. The average molecular weight is 271 g/mol. The number of pyridine rings is 1. The number of nitrogens with zero attached hydrogens (tertiary/aromatic N) is 2. The quantitative estimate of drug-likeness (QED) is 0.841. The van der Waals surface area contributed by atoms with Gasteiger partial charge in [-0.1, -0.05) is 24.3 Å². The molecule has 0 radical (unpaired) electrons. The van der Waals surface area contributed by atoms with E-state index in [-0.39, 0.29) is 11.9 Å². The lowest BCUT2D eigenvalue weighted by Gasteiger charge is -2.26. The van der Waals surface area contributed by atoms with Crippen molar-refractivity contribution in [1.29, 1.82) is 0 Å². The molecule has 2 atom stereocenters. The average Bonchev–Trinajstić information content (AvgIpc) is 2.91. The summed E-state index contributed by atoms with van der Waals surface area (Å²) in [5.41, 5.74) is 0.435. The summed E-state index contributed by atoms with van der Waals surface area (Å²) in [6.07, 6.45) is 1.12. The molecule has 2 aromatic rings. The van der Waals surface area contributed by atoms with Gasteiger partial charge in [-0.3, -0.25) is 9.78 Å². The van der Waals surface area contributed by atoms with Crippen LogP contribution in [0.15, 0.2) is 36.5 Å². The van der Waals surface area contributed by atoms with Crippen molar-refractivity contribution in [2.75, 3.05) is 20.1 Å². The number of hydrogen-bond donors (Lipinski definition) is 2. The Morgan fingerprint density at radius 1 is 1.35 bits per heavy atom. The number of hydrogen-bond acceptors (Lipinski definition) is 4. The molecular formula is C15H17N3O2. The van der Waals surface area contributed by atoms with Gasteiger partial charge >= 0.3 is 0 Å². The summed E-state index contributed by atoms with van der Waals surface area (Å²) in [6.45, 7) is 1.12. The van der Waals surface area contributed by atoms with Crippen molar-refractivity contribution in [1.82, 2.24) is 15.2 Å². The van der Waals surface area contributed by atoms with E-state index >= 15 is 0 Å². The summed E-state index contributed by atoms with van der Waals surface area (Å²) in [4.78, 5) is 18.4. The van der Waals surface area contributed by atoms with E-state index in [4.69, 9.17) is 0 Å². The normalized spacial score (nSPS) is 22.1. The van der Waals surface area contributed by atoms with Gasteiger partial charge in [0.15, 0.2) is 0 Å². The van der Waals surface area contributed by atoms with Gasteiger partial charge in [0.25, 0.3) is 5.91 Å². The Morgan fingerprint density at radius 2 is 2.15 bits per heavy atom. The zero-order chi connectivity index (χ0) is 14.1. The molecule has 1 amide bonds. The van der Waals surface area contributed by atoms with Gasteiger partial charge in [0, 0.05) is 31.7 Å². The molecule has 0 bridgehead atoms. The monoisotopic (exact) mass is 271 g/mol. The van der Waals surface area contributed by atoms with Crippen LogP contribution in [0.5, 0.6) is 0 Å². The fourth-order valence-electron chi connectivity index (χ4n) is 2.65. The van der Waals surface area contributed by atoms with Crippen LogP contribution >= 0.6 is 0 Å². The minimum absolute atomic E-state index is 0.158. The van der Waals surface area contributed by atoms with Crippen LogP contribution in [0.25, 0.3) is 10.8 Å². The SMILES string of the molecule is CN(C(=O)c1nccc2ccccc12)[C@@H]1CNC[C@H]1O. The number of fused-ring (bicyclic) bond motifs is 1. The summed E-state index contributed by atoms with van der Waals surface area (Å²) >= 11 is 0. The van der Waals surface area contributed by atoms with Gasteiger partial charge in [-0.2, -0.15) is 0 Å². The van der Waals surface area contributed by atoms with Crippen LogP contribution in [0.2, 0.25) is 0 Å². The third kappa shape index (κ3) is 2.15. The first-order chi connectivity index (χ1) is 9.68. The van der Waals surface area contributed by atoms with Gasteiger partial charge in [-0.25, -0.2) is 0 Å². The van der Waals surface area contributed by atoms with Crippen LogP contribution in [0, 0.1) is 0 Å². The second-order valence-electron chi connectivity index (χ2n) is 5.09. The Kier molecular flexibility index (Phi) is 3.38. The molecule has 5 heteroatoms. The number of aliphatic hydroxyl groups excluding tert-OH is 1. The number of β-amino-alcohol motifs (C(OH)–C–C–N with tert-alkyl or cyclic N) is 1. The van der Waals surface area contributed by atoms with E-state index in [1.807, 2.05) is 30.3 Å². The molecule has 5 nitrogen and oxygen atoms in total. The minimum Gasteiger partial charge on any atom is -0.390 e. The van der Waals surface area contributed by atoms with E-state index in [2.05, 4.69) is 10.3 Å². The van der Waals surface area contributed by atoms with Crippen molar-refractivity contribution < 1.29 is 9.90 Å². The molecule has 1 aliphatic heterocycles. The molecule has 0 aliphatic carbocycles. The number of benzene rings is 1. The summed E-state index contributed by atoms with van der Waals surface area (Å²) in [6, 6.07) is 9.37. The second-order valence-corrected chi connectivity index (χ2v) is 5.09. The zero-order valence-corrected chi connectivity index (χ0v) is 11.3. The standard InChI is InChI=1S/C15H17N3O2/c1-18(12-8-16-9-13(12)19)15(20)14-11-5-3-2-4-10(11)6-7-17-14/h2-7,12-13,16,19H,8-9H2,1H3/t12-,13-/m1/s1. The summed E-state index contributed by atoms with van der Waals surface area (Å²) in [7, 11) is 1.71.